The predicted molar refractivity (Wildman–Crippen MR) is 108 cm³/mol. The summed E-state index contributed by atoms with van der Waals surface area (Å²) in [6.07, 6.45) is 6.92. The number of aromatic nitrogens is 2. The van der Waals surface area contributed by atoms with Crippen molar-refractivity contribution in [1.29, 1.82) is 0 Å². The number of carbonyl (C=O) groups is 1. The van der Waals surface area contributed by atoms with Crippen LogP contribution in [-0.4, -0.2) is 15.9 Å². The molecule has 27 heavy (non-hydrogen) atoms. The number of hydrogen-bond donors (Lipinski definition) is 2. The minimum atomic E-state index is -0.144. The number of hydrogen-bond acceptors (Lipinski definition) is 4. The first-order chi connectivity index (χ1) is 13.2. The highest BCUT2D eigenvalue weighted by atomic mass is 16.1. The highest BCUT2D eigenvalue weighted by Gasteiger charge is 2.09. The fourth-order valence-corrected chi connectivity index (χ4v) is 2.92. The van der Waals surface area contributed by atoms with Gasteiger partial charge in [-0.25, -0.2) is 4.98 Å². The topological polar surface area (TPSA) is 66.9 Å². The number of anilines is 2. The van der Waals surface area contributed by atoms with Crippen LogP contribution in [0.2, 0.25) is 0 Å². The average molecular weight is 360 g/mol. The summed E-state index contributed by atoms with van der Waals surface area (Å²) in [6, 6.07) is 13.7. The van der Waals surface area contributed by atoms with Gasteiger partial charge in [-0.2, -0.15) is 0 Å². The van der Waals surface area contributed by atoms with E-state index in [9.17, 15) is 4.79 Å². The van der Waals surface area contributed by atoms with E-state index in [0.717, 1.165) is 29.9 Å². The molecular weight excluding hydrogens is 336 g/mol. The smallest absolute Gasteiger partial charge is 0.253 e. The number of para-hydroxylation sites is 1. The second-order valence-electron chi connectivity index (χ2n) is 6.25. The van der Waals surface area contributed by atoms with E-state index in [1.165, 1.54) is 11.1 Å². The average Bonchev–Trinajstić information content (AvgIpc) is 2.73. The van der Waals surface area contributed by atoms with Crippen molar-refractivity contribution in [1.82, 2.24) is 15.3 Å². The van der Waals surface area contributed by atoms with Gasteiger partial charge < -0.3 is 10.6 Å². The summed E-state index contributed by atoms with van der Waals surface area (Å²) < 4.78 is 0. The van der Waals surface area contributed by atoms with Gasteiger partial charge in [-0.3, -0.25) is 9.78 Å². The molecule has 5 nitrogen and oxygen atoms in total. The molecule has 0 saturated heterocycles. The van der Waals surface area contributed by atoms with Gasteiger partial charge in [0.15, 0.2) is 0 Å². The number of nitrogens with zero attached hydrogens (tertiary/aromatic N) is 2. The van der Waals surface area contributed by atoms with Crippen molar-refractivity contribution in [2.24, 2.45) is 0 Å². The number of carbonyl (C=O) groups excluding carboxylic acids is 1. The Balaban J connectivity index is 1.68. The van der Waals surface area contributed by atoms with Crippen LogP contribution in [0, 0.1) is 0 Å². The van der Waals surface area contributed by atoms with E-state index >= 15 is 0 Å². The molecule has 3 rings (SSSR count). The van der Waals surface area contributed by atoms with Crippen LogP contribution in [0.3, 0.4) is 0 Å². The van der Waals surface area contributed by atoms with E-state index in [1.54, 1.807) is 24.7 Å². The van der Waals surface area contributed by atoms with Gasteiger partial charge in [0, 0.05) is 30.8 Å². The van der Waals surface area contributed by atoms with E-state index in [-0.39, 0.29) is 5.91 Å². The van der Waals surface area contributed by atoms with Gasteiger partial charge in [0.2, 0.25) is 0 Å². The summed E-state index contributed by atoms with van der Waals surface area (Å²) in [5, 5.41) is 6.31. The molecular formula is C22H24N4O. The molecule has 1 amide bonds. The Morgan fingerprint density at radius 2 is 1.67 bits per heavy atom. The molecule has 2 aromatic heterocycles. The molecule has 0 aliphatic heterocycles. The number of nitrogens with one attached hydrogen (secondary N) is 2. The lowest BCUT2D eigenvalue weighted by molar-refractivity contribution is 0.0950. The minimum absolute atomic E-state index is 0.144. The fourth-order valence-electron chi connectivity index (χ4n) is 2.92. The lowest BCUT2D eigenvalue weighted by atomic mass is 10.0. The Hall–Kier alpha value is -3.21. The normalized spacial score (nSPS) is 10.4. The van der Waals surface area contributed by atoms with Crippen molar-refractivity contribution in [2.45, 2.75) is 33.2 Å². The summed E-state index contributed by atoms with van der Waals surface area (Å²) in [6.45, 7) is 4.75. The number of pyridine rings is 2. The number of amides is 1. The molecule has 0 bridgehead atoms. The molecule has 5 heteroatoms. The quantitative estimate of drug-likeness (QED) is 0.660. The number of aryl methyl sites for hydroxylation is 2. The second-order valence-corrected chi connectivity index (χ2v) is 6.25. The highest BCUT2D eigenvalue weighted by Crippen LogP contribution is 2.25. The van der Waals surface area contributed by atoms with Gasteiger partial charge in [-0.15, -0.1) is 0 Å². The Morgan fingerprint density at radius 3 is 2.26 bits per heavy atom. The fraction of sp³-hybridized carbons (Fsp3) is 0.227. The van der Waals surface area contributed by atoms with Crippen LogP contribution in [0.5, 0.6) is 0 Å². The SMILES string of the molecule is CCc1cccc(CC)c1Nc1ccc(C(=O)NCc2ccncc2)cn1. The van der Waals surface area contributed by atoms with Crippen LogP contribution in [0.4, 0.5) is 11.5 Å². The van der Waals surface area contributed by atoms with Crippen molar-refractivity contribution < 1.29 is 4.79 Å². The molecule has 0 spiro atoms. The lowest BCUT2D eigenvalue weighted by Crippen LogP contribution is -2.22. The van der Waals surface area contributed by atoms with Crippen LogP contribution in [0.25, 0.3) is 0 Å². The van der Waals surface area contributed by atoms with Crippen molar-refractivity contribution in [3.8, 4) is 0 Å². The predicted octanol–water partition coefficient (Wildman–Crippen LogP) is 4.28. The summed E-state index contributed by atoms with van der Waals surface area (Å²) in [5.41, 5.74) is 5.18. The van der Waals surface area contributed by atoms with E-state index in [4.69, 9.17) is 0 Å². The largest absolute Gasteiger partial charge is 0.348 e. The van der Waals surface area contributed by atoms with E-state index in [2.05, 4.69) is 52.6 Å². The zero-order chi connectivity index (χ0) is 19.1. The molecule has 0 unspecified atom stereocenters. The highest BCUT2D eigenvalue weighted by molar-refractivity contribution is 5.94. The molecule has 0 fully saturated rings. The molecule has 3 aromatic rings. The molecule has 0 aliphatic rings. The monoisotopic (exact) mass is 360 g/mol. The Bertz CT molecular complexity index is 870. The van der Waals surface area contributed by atoms with E-state index in [1.807, 2.05) is 18.2 Å². The van der Waals surface area contributed by atoms with Crippen molar-refractivity contribution in [2.75, 3.05) is 5.32 Å². The van der Waals surface area contributed by atoms with Crippen LogP contribution in [0.15, 0.2) is 61.1 Å². The van der Waals surface area contributed by atoms with Gasteiger partial charge in [0.05, 0.1) is 5.56 Å². The summed E-state index contributed by atoms with van der Waals surface area (Å²) in [5.74, 6) is 0.588. The van der Waals surface area contributed by atoms with Crippen molar-refractivity contribution in [3.05, 3.63) is 83.3 Å². The van der Waals surface area contributed by atoms with Gasteiger partial charge in [0.1, 0.15) is 5.82 Å². The summed E-state index contributed by atoms with van der Waals surface area (Å²) in [4.78, 5) is 20.7. The zero-order valence-electron chi connectivity index (χ0n) is 15.7. The lowest BCUT2D eigenvalue weighted by Gasteiger charge is -2.15. The Labute approximate surface area is 159 Å². The van der Waals surface area contributed by atoms with Gasteiger partial charge in [-0.05, 0) is 53.8 Å². The molecule has 2 heterocycles. The van der Waals surface area contributed by atoms with Crippen LogP contribution in [-0.2, 0) is 19.4 Å². The van der Waals surface area contributed by atoms with Gasteiger partial charge >= 0.3 is 0 Å². The van der Waals surface area contributed by atoms with Crippen LogP contribution < -0.4 is 10.6 Å². The maximum atomic E-state index is 12.3. The van der Waals surface area contributed by atoms with Crippen molar-refractivity contribution in [3.63, 3.8) is 0 Å². The van der Waals surface area contributed by atoms with E-state index in [0.29, 0.717) is 12.1 Å². The molecule has 0 radical (unpaired) electrons. The molecule has 1 aromatic carbocycles. The molecule has 2 N–H and O–H groups in total. The maximum Gasteiger partial charge on any atom is 0.253 e. The zero-order valence-corrected chi connectivity index (χ0v) is 15.7. The molecule has 138 valence electrons. The Morgan fingerprint density at radius 1 is 0.963 bits per heavy atom. The summed E-state index contributed by atoms with van der Waals surface area (Å²) >= 11 is 0. The second kappa shape index (κ2) is 8.94. The number of rotatable bonds is 7. The third-order valence-corrected chi connectivity index (χ3v) is 4.48. The third-order valence-electron chi connectivity index (χ3n) is 4.48. The molecule has 0 saturated carbocycles. The van der Waals surface area contributed by atoms with Gasteiger partial charge in [0.25, 0.3) is 5.91 Å². The van der Waals surface area contributed by atoms with Crippen LogP contribution >= 0.6 is 0 Å². The van der Waals surface area contributed by atoms with Crippen LogP contribution in [0.1, 0.15) is 40.9 Å². The first-order valence-corrected chi connectivity index (χ1v) is 9.22. The first kappa shape index (κ1) is 18.6. The maximum absolute atomic E-state index is 12.3. The minimum Gasteiger partial charge on any atom is -0.348 e. The standard InChI is InChI=1S/C22H24N4O/c1-3-17-6-5-7-18(4-2)21(17)26-20-9-8-19(15-24-20)22(27)25-14-16-10-12-23-13-11-16/h5-13,15H,3-4,14H2,1-2H3,(H,24,26)(H,25,27). The molecule has 0 atom stereocenters. The van der Waals surface area contributed by atoms with Gasteiger partial charge in [-0.1, -0.05) is 32.0 Å². The van der Waals surface area contributed by atoms with Crippen molar-refractivity contribution >= 4 is 17.4 Å². The Kier molecular flexibility index (Phi) is 6.15. The number of benzene rings is 1. The molecule has 0 aliphatic carbocycles. The third kappa shape index (κ3) is 4.70. The summed E-state index contributed by atoms with van der Waals surface area (Å²) in [7, 11) is 0. The van der Waals surface area contributed by atoms with E-state index < -0.39 is 0 Å². The first-order valence-electron chi connectivity index (χ1n) is 9.22.